The molecule has 1 N–H and O–H groups in total. The molecule has 3 heterocycles. The smallest absolute Gasteiger partial charge is 0.320 e. The Labute approximate surface area is 112 Å². The summed E-state index contributed by atoms with van der Waals surface area (Å²) in [4.78, 5) is 27.5. The number of ether oxygens (including phenoxy) is 1. The number of hydrogen-bond acceptors (Lipinski definition) is 3. The summed E-state index contributed by atoms with van der Waals surface area (Å²) in [6.07, 6.45) is 2.38. The van der Waals surface area contributed by atoms with E-state index in [1.54, 1.807) is 0 Å². The number of urea groups is 1. The molecule has 3 rings (SSSR count). The minimum absolute atomic E-state index is 0.00653. The van der Waals surface area contributed by atoms with Crippen LogP contribution in [0.25, 0.3) is 0 Å². The standard InChI is InChI=1S/C13H20N2O4/c1-8-7-19-5-4-14(8)13(18)15-9-2-3-11(15)10(6-9)12(16)17/h8-11H,2-7H2,1H3,(H,16,17). The van der Waals surface area contributed by atoms with Gasteiger partial charge in [0.2, 0.25) is 0 Å². The lowest BCUT2D eigenvalue weighted by molar-refractivity contribution is -0.142. The van der Waals surface area contributed by atoms with E-state index in [9.17, 15) is 14.7 Å². The highest BCUT2D eigenvalue weighted by Gasteiger charge is 2.52. The highest BCUT2D eigenvalue weighted by molar-refractivity contribution is 5.79. The predicted molar refractivity (Wildman–Crippen MR) is 66.8 cm³/mol. The Hall–Kier alpha value is -1.30. The van der Waals surface area contributed by atoms with Crippen LogP contribution in [0, 0.1) is 5.92 Å². The number of hydrogen-bond donors (Lipinski definition) is 1. The molecule has 3 fully saturated rings. The van der Waals surface area contributed by atoms with E-state index in [2.05, 4.69) is 0 Å². The zero-order valence-corrected chi connectivity index (χ0v) is 11.1. The minimum atomic E-state index is -0.764. The molecule has 2 bridgehead atoms. The van der Waals surface area contributed by atoms with Gasteiger partial charge in [0.05, 0.1) is 25.2 Å². The third kappa shape index (κ3) is 1.98. The van der Waals surface area contributed by atoms with Gasteiger partial charge in [-0.05, 0) is 26.2 Å². The van der Waals surface area contributed by atoms with Gasteiger partial charge in [0.25, 0.3) is 0 Å². The molecule has 0 spiro atoms. The first-order chi connectivity index (χ1) is 9.09. The van der Waals surface area contributed by atoms with Gasteiger partial charge >= 0.3 is 12.0 Å². The van der Waals surface area contributed by atoms with E-state index < -0.39 is 5.97 Å². The topological polar surface area (TPSA) is 70.1 Å². The Balaban J connectivity index is 1.75. The van der Waals surface area contributed by atoms with Gasteiger partial charge in [-0.2, -0.15) is 0 Å². The largest absolute Gasteiger partial charge is 0.481 e. The van der Waals surface area contributed by atoms with Crippen LogP contribution >= 0.6 is 0 Å². The molecule has 2 amide bonds. The summed E-state index contributed by atoms with van der Waals surface area (Å²) in [6, 6.07) is 0.0928. The van der Waals surface area contributed by atoms with Gasteiger partial charge in [-0.3, -0.25) is 4.79 Å². The molecule has 106 valence electrons. The number of carboxylic acids is 1. The van der Waals surface area contributed by atoms with Crippen molar-refractivity contribution < 1.29 is 19.4 Å². The fourth-order valence-corrected chi connectivity index (χ4v) is 3.71. The number of fused-ring (bicyclic) bond motifs is 2. The van der Waals surface area contributed by atoms with E-state index in [4.69, 9.17) is 4.74 Å². The summed E-state index contributed by atoms with van der Waals surface area (Å²) in [7, 11) is 0. The van der Waals surface area contributed by atoms with Crippen LogP contribution in [0.5, 0.6) is 0 Å². The van der Waals surface area contributed by atoms with Crippen LogP contribution in [0.2, 0.25) is 0 Å². The second-order valence-electron chi connectivity index (χ2n) is 5.79. The van der Waals surface area contributed by atoms with E-state index in [0.29, 0.717) is 26.2 Å². The molecular weight excluding hydrogens is 248 g/mol. The first kappa shape index (κ1) is 12.7. The van der Waals surface area contributed by atoms with Crippen LogP contribution < -0.4 is 0 Å². The van der Waals surface area contributed by atoms with Gasteiger partial charge in [0.15, 0.2) is 0 Å². The third-order valence-corrected chi connectivity index (χ3v) is 4.69. The highest BCUT2D eigenvalue weighted by Crippen LogP contribution is 2.42. The van der Waals surface area contributed by atoms with Crippen molar-refractivity contribution in [3.05, 3.63) is 0 Å². The zero-order chi connectivity index (χ0) is 13.6. The maximum atomic E-state index is 12.6. The van der Waals surface area contributed by atoms with Crippen molar-refractivity contribution in [3.63, 3.8) is 0 Å². The van der Waals surface area contributed by atoms with Crippen molar-refractivity contribution in [2.24, 2.45) is 5.92 Å². The van der Waals surface area contributed by atoms with Gasteiger partial charge in [-0.15, -0.1) is 0 Å². The van der Waals surface area contributed by atoms with Crippen molar-refractivity contribution in [1.29, 1.82) is 0 Å². The summed E-state index contributed by atoms with van der Waals surface area (Å²) in [5.74, 6) is -1.14. The first-order valence-corrected chi connectivity index (χ1v) is 6.99. The molecule has 3 aliphatic rings. The normalized spacial score (nSPS) is 37.7. The fourth-order valence-electron chi connectivity index (χ4n) is 3.71. The molecule has 0 aromatic carbocycles. The van der Waals surface area contributed by atoms with E-state index in [0.717, 1.165) is 12.8 Å². The molecular formula is C13H20N2O4. The molecule has 0 radical (unpaired) electrons. The van der Waals surface area contributed by atoms with Crippen molar-refractivity contribution in [2.75, 3.05) is 19.8 Å². The van der Waals surface area contributed by atoms with Crippen LogP contribution in [0.3, 0.4) is 0 Å². The number of rotatable bonds is 1. The van der Waals surface area contributed by atoms with E-state index >= 15 is 0 Å². The Morgan fingerprint density at radius 1 is 1.32 bits per heavy atom. The lowest BCUT2D eigenvalue weighted by Crippen LogP contribution is -2.54. The quantitative estimate of drug-likeness (QED) is 0.762. The number of amides is 2. The van der Waals surface area contributed by atoms with Crippen LogP contribution in [0.15, 0.2) is 0 Å². The molecule has 3 saturated heterocycles. The Bertz CT molecular complexity index is 400. The first-order valence-electron chi connectivity index (χ1n) is 6.99. The molecule has 6 heteroatoms. The van der Waals surface area contributed by atoms with Gasteiger partial charge in [-0.1, -0.05) is 0 Å². The molecule has 4 atom stereocenters. The predicted octanol–water partition coefficient (Wildman–Crippen LogP) is 0.765. The number of morpholine rings is 1. The summed E-state index contributed by atoms with van der Waals surface area (Å²) in [5.41, 5.74) is 0. The average Bonchev–Trinajstić information content (AvgIpc) is 2.96. The van der Waals surface area contributed by atoms with Crippen molar-refractivity contribution in [2.45, 2.75) is 44.3 Å². The van der Waals surface area contributed by atoms with Gasteiger partial charge < -0.3 is 19.6 Å². The minimum Gasteiger partial charge on any atom is -0.481 e. The van der Waals surface area contributed by atoms with Crippen molar-refractivity contribution in [1.82, 2.24) is 9.80 Å². The molecule has 0 saturated carbocycles. The van der Waals surface area contributed by atoms with Gasteiger partial charge in [0.1, 0.15) is 0 Å². The SMILES string of the molecule is CC1COCCN1C(=O)N1C2CCC1C(C(=O)O)C2. The Morgan fingerprint density at radius 3 is 2.74 bits per heavy atom. The second kappa shape index (κ2) is 4.67. The number of carboxylic acid groups (broad SMARTS) is 1. The third-order valence-electron chi connectivity index (χ3n) is 4.69. The van der Waals surface area contributed by atoms with E-state index in [-0.39, 0.29) is 30.1 Å². The molecule has 0 aliphatic carbocycles. The van der Waals surface area contributed by atoms with Crippen LogP contribution in [0.1, 0.15) is 26.2 Å². The summed E-state index contributed by atoms with van der Waals surface area (Å²) in [5, 5.41) is 9.23. The van der Waals surface area contributed by atoms with Gasteiger partial charge in [-0.25, -0.2) is 4.79 Å². The second-order valence-corrected chi connectivity index (χ2v) is 5.79. The number of nitrogens with zero attached hydrogens (tertiary/aromatic N) is 2. The molecule has 0 aromatic heterocycles. The highest BCUT2D eigenvalue weighted by atomic mass is 16.5. The monoisotopic (exact) mass is 268 g/mol. The van der Waals surface area contributed by atoms with E-state index in [1.807, 2.05) is 16.7 Å². The van der Waals surface area contributed by atoms with Crippen molar-refractivity contribution in [3.8, 4) is 0 Å². The van der Waals surface area contributed by atoms with Gasteiger partial charge in [0, 0.05) is 18.6 Å². The lowest BCUT2D eigenvalue weighted by atomic mass is 9.89. The summed E-state index contributed by atoms with van der Waals surface area (Å²) < 4.78 is 5.35. The fraction of sp³-hybridized carbons (Fsp3) is 0.846. The average molecular weight is 268 g/mol. The number of aliphatic carboxylic acids is 1. The summed E-state index contributed by atoms with van der Waals surface area (Å²) >= 11 is 0. The van der Waals surface area contributed by atoms with E-state index in [1.165, 1.54) is 0 Å². The van der Waals surface area contributed by atoms with Crippen LogP contribution in [0.4, 0.5) is 4.79 Å². The zero-order valence-electron chi connectivity index (χ0n) is 11.1. The molecule has 4 unspecified atom stereocenters. The number of carbonyl (C=O) groups is 2. The van der Waals surface area contributed by atoms with Crippen molar-refractivity contribution >= 4 is 12.0 Å². The molecule has 0 aromatic rings. The maximum absolute atomic E-state index is 12.6. The van der Waals surface area contributed by atoms with Crippen LogP contribution in [-0.2, 0) is 9.53 Å². The maximum Gasteiger partial charge on any atom is 0.320 e. The Kier molecular flexibility index (Phi) is 3.12. The molecule has 19 heavy (non-hydrogen) atoms. The number of carbonyl (C=O) groups excluding carboxylic acids is 1. The van der Waals surface area contributed by atoms with Crippen LogP contribution in [-0.4, -0.2) is 64.8 Å². The molecule has 6 nitrogen and oxygen atoms in total. The molecule has 3 aliphatic heterocycles. The lowest BCUT2D eigenvalue weighted by Gasteiger charge is -2.37. The summed E-state index contributed by atoms with van der Waals surface area (Å²) in [6.45, 7) is 3.72. The Morgan fingerprint density at radius 2 is 2.11 bits per heavy atom.